The number of hydrogen-bond acceptors (Lipinski definition) is 6. The van der Waals surface area contributed by atoms with Gasteiger partial charge in [-0.05, 0) is 84.2 Å². The van der Waals surface area contributed by atoms with Gasteiger partial charge in [0.05, 0.1) is 22.9 Å². The maximum absolute atomic E-state index is 12.3. The van der Waals surface area contributed by atoms with Crippen LogP contribution in [-0.4, -0.2) is 53.6 Å². The molecule has 0 saturated carbocycles. The zero-order valence-corrected chi connectivity index (χ0v) is 32.5. The van der Waals surface area contributed by atoms with Gasteiger partial charge in [0, 0.05) is 50.8 Å². The van der Waals surface area contributed by atoms with Gasteiger partial charge in [0.25, 0.3) is 0 Å². The lowest BCUT2D eigenvalue weighted by atomic mass is 9.92. The molecular formula is C44H43N5O5S2. The topological polar surface area (TPSA) is 139 Å². The number of nitrogens with zero attached hydrogens (tertiary/aromatic N) is 5. The van der Waals surface area contributed by atoms with Crippen molar-refractivity contribution in [1.82, 2.24) is 9.80 Å². The summed E-state index contributed by atoms with van der Waals surface area (Å²) in [5.41, 5.74) is 13.5. The smallest absolute Gasteiger partial charge is 0.186 e. The molecule has 0 heterocycles. The molecule has 0 saturated heterocycles. The first-order valence-corrected chi connectivity index (χ1v) is 20.7. The Labute approximate surface area is 331 Å². The molecule has 7 aromatic rings. The molecule has 0 amide bonds. The van der Waals surface area contributed by atoms with Crippen molar-refractivity contribution in [3.63, 3.8) is 0 Å². The van der Waals surface area contributed by atoms with Gasteiger partial charge in [0.15, 0.2) is 22.2 Å². The van der Waals surface area contributed by atoms with E-state index >= 15 is 0 Å². The van der Waals surface area contributed by atoms with E-state index in [-0.39, 0.29) is 6.54 Å². The van der Waals surface area contributed by atoms with E-state index < -0.39 is 22.2 Å². The second-order valence-electron chi connectivity index (χ2n) is 13.9. The van der Waals surface area contributed by atoms with E-state index in [9.17, 15) is 17.5 Å². The molecule has 0 fully saturated rings. The lowest BCUT2D eigenvalue weighted by Gasteiger charge is -2.25. The molecule has 0 spiro atoms. The van der Waals surface area contributed by atoms with Gasteiger partial charge in [-0.3, -0.25) is 9.80 Å². The van der Waals surface area contributed by atoms with Crippen molar-refractivity contribution in [3.8, 4) is 0 Å². The molecule has 2 N–H and O–H groups in total. The van der Waals surface area contributed by atoms with Crippen LogP contribution in [0.15, 0.2) is 142 Å². The van der Waals surface area contributed by atoms with Gasteiger partial charge in [0.1, 0.15) is 0 Å². The molecule has 12 heteroatoms. The third kappa shape index (κ3) is 9.50. The summed E-state index contributed by atoms with van der Waals surface area (Å²) in [5, 5.41) is 11.0. The Bertz CT molecular complexity index is 2510. The van der Waals surface area contributed by atoms with Gasteiger partial charge in [-0.2, -0.15) is 0 Å². The van der Waals surface area contributed by atoms with E-state index in [2.05, 4.69) is 74.4 Å². The minimum absolute atomic E-state index is 0.289. The average Bonchev–Trinajstić information content (AvgIpc) is 3.21. The first-order chi connectivity index (χ1) is 27.4. The quantitative estimate of drug-likeness (QED) is 0.0208. The molecule has 2 unspecified atom stereocenters. The first-order valence-electron chi connectivity index (χ1n) is 18.5. The van der Waals surface area contributed by atoms with E-state index in [4.69, 9.17) is 10.3 Å². The van der Waals surface area contributed by atoms with Gasteiger partial charge in [-0.1, -0.05) is 120 Å². The molecule has 0 aliphatic carbocycles. The number of rotatable bonds is 19. The second kappa shape index (κ2) is 18.8. The third-order valence-corrected chi connectivity index (χ3v) is 11.7. The highest BCUT2D eigenvalue weighted by atomic mass is 32.2. The van der Waals surface area contributed by atoms with Crippen LogP contribution in [0.4, 0.5) is 0 Å². The summed E-state index contributed by atoms with van der Waals surface area (Å²) in [6.45, 7) is 4.78. The maximum Gasteiger partial charge on any atom is 0.186 e. The van der Waals surface area contributed by atoms with E-state index in [1.165, 1.54) is 37.9 Å². The van der Waals surface area contributed by atoms with Crippen LogP contribution in [0.25, 0.3) is 42.8 Å². The summed E-state index contributed by atoms with van der Waals surface area (Å²) in [7, 11) is 0. The van der Waals surface area contributed by atoms with Gasteiger partial charge in [-0.15, -0.1) is 0 Å². The fraction of sp³-hybridized carbons (Fsp3) is 0.227. The normalized spacial score (nSPS) is 12.9. The Morgan fingerprint density at radius 3 is 1.77 bits per heavy atom. The van der Waals surface area contributed by atoms with Crippen molar-refractivity contribution in [2.24, 2.45) is 5.11 Å². The van der Waals surface area contributed by atoms with Crippen LogP contribution in [-0.2, 0) is 59.6 Å². The predicted octanol–water partition coefficient (Wildman–Crippen LogP) is 9.67. The summed E-state index contributed by atoms with van der Waals surface area (Å²) in [6, 6.07) is 42.0. The minimum atomic E-state index is -2.11. The van der Waals surface area contributed by atoms with Crippen LogP contribution < -0.4 is 0 Å². The minimum Gasteiger partial charge on any atom is -0.380 e. The van der Waals surface area contributed by atoms with Crippen molar-refractivity contribution in [2.45, 2.75) is 48.9 Å². The molecule has 10 nitrogen and oxygen atoms in total. The molecule has 0 radical (unpaired) electrons. The van der Waals surface area contributed by atoms with Crippen molar-refractivity contribution in [3.05, 3.63) is 166 Å². The Kier molecular flexibility index (Phi) is 13.1. The van der Waals surface area contributed by atoms with E-state index in [0.29, 0.717) is 62.3 Å². The number of benzene rings is 7. The fourth-order valence-corrected chi connectivity index (χ4v) is 8.61. The Morgan fingerprint density at radius 1 is 0.571 bits per heavy atom. The summed E-state index contributed by atoms with van der Waals surface area (Å²) in [5.74, 6) is 0. The highest BCUT2D eigenvalue weighted by Crippen LogP contribution is 2.36. The molecule has 7 rings (SSSR count). The van der Waals surface area contributed by atoms with E-state index in [1.807, 2.05) is 48.5 Å². The van der Waals surface area contributed by atoms with Crippen molar-refractivity contribution in [2.75, 3.05) is 26.3 Å². The second-order valence-corrected chi connectivity index (χ2v) is 15.8. The molecule has 0 aliphatic heterocycles. The lowest BCUT2D eigenvalue weighted by molar-refractivity contribution is 0.0889. The summed E-state index contributed by atoms with van der Waals surface area (Å²) in [4.78, 5) is 8.17. The van der Waals surface area contributed by atoms with Crippen LogP contribution in [0.1, 0.15) is 34.2 Å². The van der Waals surface area contributed by atoms with Crippen molar-refractivity contribution >= 4 is 54.5 Å². The molecule has 0 aliphatic rings. The number of azide groups is 1. The molecule has 286 valence electrons. The zero-order valence-electron chi connectivity index (χ0n) is 30.9. The van der Waals surface area contributed by atoms with Gasteiger partial charge in [-0.25, -0.2) is 8.42 Å². The third-order valence-electron chi connectivity index (χ3n) is 10.2. The van der Waals surface area contributed by atoms with Crippen molar-refractivity contribution in [1.29, 1.82) is 0 Å². The number of hydrogen-bond donors (Lipinski definition) is 2. The molecule has 7 aromatic carbocycles. The molecule has 2 atom stereocenters. The monoisotopic (exact) mass is 785 g/mol. The molecule has 0 aromatic heterocycles. The largest absolute Gasteiger partial charge is 0.380 e. The van der Waals surface area contributed by atoms with Gasteiger partial charge >= 0.3 is 0 Å². The standard InChI is InChI=1S/C44H43N5O5S2/c45-47-46-27-32-13-15-33(16-14-32)28-48(30-38-7-1-3-11-41(38)55(50)51)23-6-25-54-26-24-49(31-39-8-2-4-12-42(39)56(52)53)29-37-20-19-36-18-17-34-9-5-10-35-21-22-40(37)44(36)43(34)35/h1-5,7-22H,6,23-31H2,(H,50,51)(H,52,53). The predicted molar refractivity (Wildman–Crippen MR) is 224 cm³/mol. The summed E-state index contributed by atoms with van der Waals surface area (Å²) >= 11 is -4.21. The summed E-state index contributed by atoms with van der Waals surface area (Å²) < 4.78 is 50.7. The average molecular weight is 786 g/mol. The lowest BCUT2D eigenvalue weighted by Crippen LogP contribution is -2.28. The molecule has 56 heavy (non-hydrogen) atoms. The Balaban J connectivity index is 1.04. The molecular weight excluding hydrogens is 743 g/mol. The first kappa shape index (κ1) is 39.2. The molecule has 0 bridgehead atoms. The Hall–Kier alpha value is -5.01. The van der Waals surface area contributed by atoms with Crippen LogP contribution in [0, 0.1) is 0 Å². The number of ether oxygens (including phenoxy) is 1. The Morgan fingerprint density at radius 2 is 1.12 bits per heavy atom. The summed E-state index contributed by atoms with van der Waals surface area (Å²) in [6.07, 6.45) is 0.737. The van der Waals surface area contributed by atoms with Crippen LogP contribution >= 0.6 is 0 Å². The highest BCUT2D eigenvalue weighted by Gasteiger charge is 2.17. The van der Waals surface area contributed by atoms with Crippen LogP contribution in [0.2, 0.25) is 0 Å². The van der Waals surface area contributed by atoms with E-state index in [1.54, 1.807) is 24.3 Å². The van der Waals surface area contributed by atoms with Gasteiger partial charge < -0.3 is 13.8 Å². The van der Waals surface area contributed by atoms with E-state index in [0.717, 1.165) is 28.7 Å². The fourth-order valence-electron chi connectivity index (χ4n) is 7.50. The van der Waals surface area contributed by atoms with Gasteiger partial charge in [0.2, 0.25) is 0 Å². The highest BCUT2D eigenvalue weighted by molar-refractivity contribution is 7.79. The van der Waals surface area contributed by atoms with Crippen LogP contribution in [0.5, 0.6) is 0 Å². The van der Waals surface area contributed by atoms with Crippen LogP contribution in [0.3, 0.4) is 0 Å². The van der Waals surface area contributed by atoms with Crippen molar-refractivity contribution < 1.29 is 22.3 Å². The zero-order chi connectivity index (χ0) is 38.9. The maximum atomic E-state index is 12.3. The SMILES string of the molecule is [N-]=[N+]=NCc1ccc(CN(CCCOCCN(Cc2ccccc2S(=O)O)Cc2ccc3ccc4cccc5ccc2c3c45)Cc2ccccc2S(=O)O)cc1.